The molecular formula is C18H17F2N3OS2. The standard InChI is InChI=1S/C18H17F2N3OS2/c1-10-17(25-18(21-2)22-10)11-4-7-15(24-3)16(8-11)26-23-14-6-5-12(19)9-13(14)20/h4-9,23H,1-3H3,(H,21,22). The van der Waals surface area contributed by atoms with Crippen molar-refractivity contribution in [1.82, 2.24) is 4.98 Å². The highest BCUT2D eigenvalue weighted by molar-refractivity contribution is 8.00. The Morgan fingerprint density at radius 3 is 2.62 bits per heavy atom. The van der Waals surface area contributed by atoms with Gasteiger partial charge in [0.15, 0.2) is 5.13 Å². The Morgan fingerprint density at radius 1 is 1.15 bits per heavy atom. The van der Waals surface area contributed by atoms with Crippen LogP contribution in [0.3, 0.4) is 0 Å². The Labute approximate surface area is 158 Å². The van der Waals surface area contributed by atoms with Gasteiger partial charge >= 0.3 is 0 Å². The normalized spacial score (nSPS) is 10.7. The zero-order valence-electron chi connectivity index (χ0n) is 14.4. The number of methoxy groups -OCH3 is 1. The molecule has 0 saturated heterocycles. The van der Waals surface area contributed by atoms with Crippen molar-refractivity contribution in [2.45, 2.75) is 11.8 Å². The zero-order chi connectivity index (χ0) is 18.7. The lowest BCUT2D eigenvalue weighted by atomic mass is 10.1. The van der Waals surface area contributed by atoms with Crippen LogP contribution in [0.4, 0.5) is 19.6 Å². The maximum absolute atomic E-state index is 13.8. The molecule has 0 aliphatic heterocycles. The Morgan fingerprint density at radius 2 is 1.96 bits per heavy atom. The summed E-state index contributed by atoms with van der Waals surface area (Å²) in [5.41, 5.74) is 2.12. The van der Waals surface area contributed by atoms with Gasteiger partial charge in [-0.05, 0) is 54.8 Å². The highest BCUT2D eigenvalue weighted by Gasteiger charge is 2.13. The number of thiazole rings is 1. The third-order valence-electron chi connectivity index (χ3n) is 3.64. The fourth-order valence-electron chi connectivity index (χ4n) is 2.35. The highest BCUT2D eigenvalue weighted by atomic mass is 32.2. The van der Waals surface area contributed by atoms with Crippen LogP contribution in [0.2, 0.25) is 0 Å². The fourth-order valence-corrected chi connectivity index (χ4v) is 4.09. The Kier molecular flexibility index (Phi) is 5.63. The number of halogens is 2. The van der Waals surface area contributed by atoms with Gasteiger partial charge in [-0.15, -0.1) is 0 Å². The van der Waals surface area contributed by atoms with Crippen LogP contribution >= 0.6 is 23.3 Å². The zero-order valence-corrected chi connectivity index (χ0v) is 16.0. The molecular weight excluding hydrogens is 376 g/mol. The first-order valence-corrected chi connectivity index (χ1v) is 9.36. The van der Waals surface area contributed by atoms with Gasteiger partial charge in [0, 0.05) is 13.1 Å². The minimum Gasteiger partial charge on any atom is -0.496 e. The van der Waals surface area contributed by atoms with E-state index in [4.69, 9.17) is 4.74 Å². The average Bonchev–Trinajstić information content (AvgIpc) is 3.01. The van der Waals surface area contributed by atoms with Crippen molar-refractivity contribution in [3.05, 3.63) is 53.7 Å². The number of nitrogens with one attached hydrogen (secondary N) is 2. The van der Waals surface area contributed by atoms with Gasteiger partial charge in [-0.2, -0.15) is 0 Å². The molecule has 1 heterocycles. The third-order valence-corrected chi connectivity index (χ3v) is 5.72. The summed E-state index contributed by atoms with van der Waals surface area (Å²) in [5.74, 6) is -0.604. The summed E-state index contributed by atoms with van der Waals surface area (Å²) in [6.07, 6.45) is 0. The Balaban J connectivity index is 1.89. The minimum absolute atomic E-state index is 0.204. The largest absolute Gasteiger partial charge is 0.496 e. The Bertz CT molecular complexity index is 931. The summed E-state index contributed by atoms with van der Waals surface area (Å²) in [7, 11) is 3.41. The molecule has 1 aromatic heterocycles. The number of aryl methyl sites for hydroxylation is 1. The van der Waals surface area contributed by atoms with E-state index in [0.717, 1.165) is 32.2 Å². The Hall–Kier alpha value is -2.32. The first kappa shape index (κ1) is 18.5. The molecule has 3 rings (SSSR count). The lowest BCUT2D eigenvalue weighted by molar-refractivity contribution is 0.405. The quantitative estimate of drug-likeness (QED) is 0.537. The first-order valence-electron chi connectivity index (χ1n) is 7.73. The molecule has 0 amide bonds. The van der Waals surface area contributed by atoms with Gasteiger partial charge in [0.2, 0.25) is 0 Å². The highest BCUT2D eigenvalue weighted by Crippen LogP contribution is 2.38. The summed E-state index contributed by atoms with van der Waals surface area (Å²) in [5, 5.41) is 3.89. The molecule has 0 aliphatic carbocycles. The van der Waals surface area contributed by atoms with Crippen LogP contribution < -0.4 is 14.8 Å². The molecule has 0 radical (unpaired) electrons. The molecule has 2 aromatic carbocycles. The number of aromatic nitrogens is 1. The molecule has 4 nitrogen and oxygen atoms in total. The summed E-state index contributed by atoms with van der Waals surface area (Å²) in [6.45, 7) is 1.95. The van der Waals surface area contributed by atoms with Crippen LogP contribution in [-0.2, 0) is 0 Å². The predicted octanol–water partition coefficient (Wildman–Crippen LogP) is 5.57. The van der Waals surface area contributed by atoms with Crippen molar-refractivity contribution in [2.24, 2.45) is 0 Å². The van der Waals surface area contributed by atoms with E-state index in [1.165, 1.54) is 24.1 Å². The predicted molar refractivity (Wildman–Crippen MR) is 104 cm³/mol. The molecule has 0 unspecified atom stereocenters. The molecule has 26 heavy (non-hydrogen) atoms. The van der Waals surface area contributed by atoms with Gasteiger partial charge in [-0.25, -0.2) is 13.8 Å². The van der Waals surface area contributed by atoms with Gasteiger partial charge in [0.05, 0.1) is 28.3 Å². The summed E-state index contributed by atoms with van der Waals surface area (Å²) in [6, 6.07) is 9.19. The van der Waals surface area contributed by atoms with Gasteiger partial charge in [0.1, 0.15) is 17.4 Å². The van der Waals surface area contributed by atoms with E-state index < -0.39 is 11.6 Å². The molecule has 0 fully saturated rings. The van der Waals surface area contributed by atoms with Crippen molar-refractivity contribution < 1.29 is 13.5 Å². The van der Waals surface area contributed by atoms with E-state index >= 15 is 0 Å². The van der Waals surface area contributed by atoms with E-state index in [1.807, 2.05) is 32.2 Å². The second-order valence-electron chi connectivity index (χ2n) is 5.38. The average molecular weight is 393 g/mol. The van der Waals surface area contributed by atoms with Gasteiger partial charge in [0.25, 0.3) is 0 Å². The second-order valence-corrected chi connectivity index (χ2v) is 7.22. The number of benzene rings is 2. The number of hydrogen-bond acceptors (Lipinski definition) is 6. The van der Waals surface area contributed by atoms with Crippen LogP contribution in [0.15, 0.2) is 41.3 Å². The lowest BCUT2D eigenvalue weighted by Crippen LogP contribution is -1.94. The van der Waals surface area contributed by atoms with Crippen molar-refractivity contribution >= 4 is 34.1 Å². The molecule has 8 heteroatoms. The third kappa shape index (κ3) is 3.91. The van der Waals surface area contributed by atoms with E-state index in [9.17, 15) is 8.78 Å². The number of hydrogen-bond donors (Lipinski definition) is 2. The lowest BCUT2D eigenvalue weighted by Gasteiger charge is -2.12. The molecule has 136 valence electrons. The first-order chi connectivity index (χ1) is 12.5. The summed E-state index contributed by atoms with van der Waals surface area (Å²) < 4.78 is 35.2. The van der Waals surface area contributed by atoms with E-state index in [-0.39, 0.29) is 5.69 Å². The number of nitrogens with zero attached hydrogens (tertiary/aromatic N) is 1. The number of rotatable bonds is 6. The molecule has 2 N–H and O–H groups in total. The van der Waals surface area contributed by atoms with Crippen LogP contribution in [0, 0.1) is 18.6 Å². The molecule has 3 aromatic rings. The van der Waals surface area contributed by atoms with E-state index in [0.29, 0.717) is 5.75 Å². The molecule has 0 aliphatic rings. The smallest absolute Gasteiger partial charge is 0.183 e. The number of anilines is 2. The molecule has 0 spiro atoms. The molecule has 0 atom stereocenters. The molecule has 0 saturated carbocycles. The van der Waals surface area contributed by atoms with Crippen LogP contribution in [0.25, 0.3) is 10.4 Å². The van der Waals surface area contributed by atoms with Gasteiger partial charge < -0.3 is 14.8 Å². The van der Waals surface area contributed by atoms with Gasteiger partial charge in [-0.3, -0.25) is 0 Å². The fraction of sp³-hybridized carbons (Fsp3) is 0.167. The summed E-state index contributed by atoms with van der Waals surface area (Å²) >= 11 is 2.76. The van der Waals surface area contributed by atoms with Crippen LogP contribution in [0.1, 0.15) is 5.69 Å². The topological polar surface area (TPSA) is 46.2 Å². The maximum Gasteiger partial charge on any atom is 0.183 e. The van der Waals surface area contributed by atoms with Crippen LogP contribution in [-0.4, -0.2) is 19.1 Å². The maximum atomic E-state index is 13.8. The van der Waals surface area contributed by atoms with Crippen molar-refractivity contribution in [3.63, 3.8) is 0 Å². The second kappa shape index (κ2) is 7.92. The monoisotopic (exact) mass is 393 g/mol. The summed E-state index contributed by atoms with van der Waals surface area (Å²) in [4.78, 5) is 6.29. The van der Waals surface area contributed by atoms with E-state index in [2.05, 4.69) is 15.0 Å². The SMILES string of the molecule is CNc1nc(C)c(-c2ccc(OC)c(SNc3ccc(F)cc3F)c2)s1. The van der Waals surface area contributed by atoms with Crippen molar-refractivity contribution in [1.29, 1.82) is 0 Å². The number of ether oxygens (including phenoxy) is 1. The van der Waals surface area contributed by atoms with E-state index in [1.54, 1.807) is 18.4 Å². The van der Waals surface area contributed by atoms with Crippen molar-refractivity contribution in [3.8, 4) is 16.2 Å². The van der Waals surface area contributed by atoms with Crippen LogP contribution in [0.5, 0.6) is 5.75 Å². The molecule has 0 bridgehead atoms. The van der Waals surface area contributed by atoms with Crippen molar-refractivity contribution in [2.75, 3.05) is 24.2 Å². The minimum atomic E-state index is -0.649. The van der Waals surface area contributed by atoms with Gasteiger partial charge in [-0.1, -0.05) is 11.3 Å².